The van der Waals surface area contributed by atoms with Crippen molar-refractivity contribution in [3.05, 3.63) is 95.6 Å². The SMILES string of the molecule is Cc1ccc(-c2nc(N/N=C\c3ccc(C(C)C)cc3)sc2-c2ccccc2)cc1. The first-order valence-electron chi connectivity index (χ1n) is 10.1. The van der Waals surface area contributed by atoms with Crippen molar-refractivity contribution >= 4 is 22.7 Å². The first kappa shape index (κ1) is 20.0. The molecular weight excluding hydrogens is 386 g/mol. The van der Waals surface area contributed by atoms with E-state index in [-0.39, 0.29) is 0 Å². The highest BCUT2D eigenvalue weighted by molar-refractivity contribution is 7.19. The molecule has 1 heterocycles. The predicted octanol–water partition coefficient (Wildman–Crippen LogP) is 7.35. The molecule has 4 rings (SSSR count). The van der Waals surface area contributed by atoms with Crippen LogP contribution < -0.4 is 5.43 Å². The summed E-state index contributed by atoms with van der Waals surface area (Å²) in [7, 11) is 0. The number of hydrogen-bond acceptors (Lipinski definition) is 4. The van der Waals surface area contributed by atoms with E-state index in [9.17, 15) is 0 Å². The minimum absolute atomic E-state index is 0.529. The Labute approximate surface area is 182 Å². The fraction of sp³-hybridized carbons (Fsp3) is 0.154. The van der Waals surface area contributed by atoms with Crippen molar-refractivity contribution in [2.24, 2.45) is 5.10 Å². The zero-order valence-corrected chi connectivity index (χ0v) is 18.3. The maximum atomic E-state index is 4.85. The van der Waals surface area contributed by atoms with Gasteiger partial charge in [-0.3, -0.25) is 5.43 Å². The summed E-state index contributed by atoms with van der Waals surface area (Å²) in [4.78, 5) is 5.99. The molecule has 0 saturated heterocycles. The lowest BCUT2D eigenvalue weighted by molar-refractivity contribution is 0.866. The topological polar surface area (TPSA) is 37.3 Å². The molecule has 150 valence electrons. The minimum Gasteiger partial charge on any atom is -0.253 e. The van der Waals surface area contributed by atoms with E-state index in [1.165, 1.54) is 11.1 Å². The van der Waals surface area contributed by atoms with Crippen LogP contribution >= 0.6 is 11.3 Å². The average molecular weight is 412 g/mol. The van der Waals surface area contributed by atoms with Crippen LogP contribution in [0, 0.1) is 6.92 Å². The number of benzene rings is 3. The molecule has 30 heavy (non-hydrogen) atoms. The number of rotatable bonds is 6. The summed E-state index contributed by atoms with van der Waals surface area (Å²) in [6, 6.07) is 27.4. The third kappa shape index (κ3) is 4.66. The van der Waals surface area contributed by atoms with Crippen LogP contribution in [0.3, 0.4) is 0 Å². The summed E-state index contributed by atoms with van der Waals surface area (Å²) in [5.74, 6) is 0.529. The molecule has 0 radical (unpaired) electrons. The maximum Gasteiger partial charge on any atom is 0.204 e. The zero-order valence-electron chi connectivity index (χ0n) is 17.5. The van der Waals surface area contributed by atoms with E-state index < -0.39 is 0 Å². The van der Waals surface area contributed by atoms with Crippen molar-refractivity contribution in [1.29, 1.82) is 0 Å². The summed E-state index contributed by atoms with van der Waals surface area (Å²) in [6.07, 6.45) is 1.83. The lowest BCUT2D eigenvalue weighted by atomic mass is 10.0. The molecule has 0 aliphatic heterocycles. The second kappa shape index (κ2) is 9.06. The van der Waals surface area contributed by atoms with E-state index in [0.717, 1.165) is 32.4 Å². The van der Waals surface area contributed by atoms with Crippen molar-refractivity contribution in [2.45, 2.75) is 26.7 Å². The highest BCUT2D eigenvalue weighted by atomic mass is 32.1. The van der Waals surface area contributed by atoms with Crippen LogP contribution in [0.1, 0.15) is 36.5 Å². The van der Waals surface area contributed by atoms with Gasteiger partial charge in [0.2, 0.25) is 5.13 Å². The first-order chi connectivity index (χ1) is 14.6. The van der Waals surface area contributed by atoms with E-state index in [1.807, 2.05) is 12.3 Å². The number of anilines is 1. The quantitative estimate of drug-likeness (QED) is 0.266. The van der Waals surface area contributed by atoms with Gasteiger partial charge < -0.3 is 0 Å². The van der Waals surface area contributed by atoms with Crippen LogP contribution in [0.15, 0.2) is 84.0 Å². The van der Waals surface area contributed by atoms with Crippen molar-refractivity contribution in [3.63, 3.8) is 0 Å². The Morgan fingerprint density at radius 2 is 1.57 bits per heavy atom. The second-order valence-corrected chi connectivity index (χ2v) is 8.62. The molecular formula is C26H25N3S. The number of aromatic nitrogens is 1. The van der Waals surface area contributed by atoms with E-state index in [4.69, 9.17) is 4.98 Å². The molecule has 0 atom stereocenters. The van der Waals surface area contributed by atoms with Gasteiger partial charge in [0.05, 0.1) is 16.8 Å². The number of hydrazone groups is 1. The van der Waals surface area contributed by atoms with Gasteiger partial charge in [-0.15, -0.1) is 0 Å². The third-order valence-corrected chi connectivity index (χ3v) is 5.97. The standard InChI is InChI=1S/C26H25N3S/c1-18(2)21-15-11-20(12-16-21)17-27-29-26-28-24(22-13-9-19(3)10-14-22)25(30-26)23-7-5-4-6-8-23/h4-18H,1-3H3,(H,28,29)/b27-17-. The van der Waals surface area contributed by atoms with Gasteiger partial charge in [0.15, 0.2) is 0 Å². The van der Waals surface area contributed by atoms with E-state index in [1.54, 1.807) is 11.3 Å². The average Bonchev–Trinajstić information content (AvgIpc) is 3.19. The fourth-order valence-corrected chi connectivity index (χ4v) is 4.13. The van der Waals surface area contributed by atoms with E-state index in [2.05, 4.69) is 104 Å². The number of nitrogens with zero attached hydrogens (tertiary/aromatic N) is 2. The smallest absolute Gasteiger partial charge is 0.204 e. The second-order valence-electron chi connectivity index (χ2n) is 7.62. The Bertz CT molecular complexity index is 1130. The Morgan fingerprint density at radius 1 is 0.867 bits per heavy atom. The molecule has 0 spiro atoms. The third-order valence-electron chi connectivity index (χ3n) is 4.97. The molecule has 0 fully saturated rings. The van der Waals surface area contributed by atoms with Crippen molar-refractivity contribution < 1.29 is 0 Å². The molecule has 1 N–H and O–H groups in total. The van der Waals surface area contributed by atoms with Crippen LogP contribution in [-0.2, 0) is 0 Å². The van der Waals surface area contributed by atoms with Gasteiger partial charge in [0.1, 0.15) is 0 Å². The summed E-state index contributed by atoms with van der Waals surface area (Å²) in [6.45, 7) is 6.49. The van der Waals surface area contributed by atoms with Gasteiger partial charge in [-0.1, -0.05) is 110 Å². The van der Waals surface area contributed by atoms with Crippen molar-refractivity contribution in [3.8, 4) is 21.7 Å². The highest BCUT2D eigenvalue weighted by Gasteiger charge is 2.14. The van der Waals surface area contributed by atoms with Crippen LogP contribution in [0.25, 0.3) is 21.7 Å². The van der Waals surface area contributed by atoms with Gasteiger partial charge >= 0.3 is 0 Å². The Balaban J connectivity index is 1.60. The fourth-order valence-electron chi connectivity index (χ4n) is 3.19. The highest BCUT2D eigenvalue weighted by Crippen LogP contribution is 2.39. The van der Waals surface area contributed by atoms with Gasteiger partial charge in [0.25, 0.3) is 0 Å². The summed E-state index contributed by atoms with van der Waals surface area (Å²) in [5, 5.41) is 5.19. The van der Waals surface area contributed by atoms with Gasteiger partial charge in [-0.05, 0) is 29.5 Å². The van der Waals surface area contributed by atoms with Crippen molar-refractivity contribution in [2.75, 3.05) is 5.43 Å². The predicted molar refractivity (Wildman–Crippen MR) is 129 cm³/mol. The van der Waals surface area contributed by atoms with E-state index >= 15 is 0 Å². The molecule has 0 aliphatic carbocycles. The van der Waals surface area contributed by atoms with Crippen LogP contribution in [-0.4, -0.2) is 11.2 Å². The van der Waals surface area contributed by atoms with Crippen molar-refractivity contribution in [1.82, 2.24) is 4.98 Å². The Hall–Kier alpha value is -3.24. The number of aryl methyl sites for hydroxylation is 1. The van der Waals surface area contributed by atoms with Crippen LogP contribution in [0.2, 0.25) is 0 Å². The van der Waals surface area contributed by atoms with Gasteiger partial charge in [-0.25, -0.2) is 4.98 Å². The Kier molecular flexibility index (Phi) is 6.05. The largest absolute Gasteiger partial charge is 0.253 e. The van der Waals surface area contributed by atoms with E-state index in [0.29, 0.717) is 5.92 Å². The summed E-state index contributed by atoms with van der Waals surface area (Å²) < 4.78 is 0. The minimum atomic E-state index is 0.529. The van der Waals surface area contributed by atoms with Crippen LogP contribution in [0.4, 0.5) is 5.13 Å². The molecule has 1 aromatic heterocycles. The molecule has 4 aromatic rings. The zero-order chi connectivity index (χ0) is 20.9. The van der Waals surface area contributed by atoms with Crippen LogP contribution in [0.5, 0.6) is 0 Å². The molecule has 0 saturated carbocycles. The van der Waals surface area contributed by atoms with Gasteiger partial charge in [0, 0.05) is 5.56 Å². The number of hydrogen-bond donors (Lipinski definition) is 1. The molecule has 0 aliphatic rings. The lowest BCUT2D eigenvalue weighted by Crippen LogP contribution is -1.92. The molecule has 3 nitrogen and oxygen atoms in total. The number of nitrogens with one attached hydrogen (secondary N) is 1. The number of thiazole rings is 1. The monoisotopic (exact) mass is 411 g/mol. The molecule has 4 heteroatoms. The van der Waals surface area contributed by atoms with Gasteiger partial charge in [-0.2, -0.15) is 5.10 Å². The Morgan fingerprint density at radius 3 is 2.23 bits per heavy atom. The summed E-state index contributed by atoms with van der Waals surface area (Å²) >= 11 is 1.62. The summed E-state index contributed by atoms with van der Waals surface area (Å²) in [5.41, 5.74) is 9.99. The molecule has 3 aromatic carbocycles. The first-order valence-corrected chi connectivity index (χ1v) is 10.9. The maximum absolute atomic E-state index is 4.85. The lowest BCUT2D eigenvalue weighted by Gasteiger charge is -2.04. The molecule has 0 bridgehead atoms. The normalized spacial score (nSPS) is 11.3. The molecule has 0 unspecified atom stereocenters. The molecule has 0 amide bonds.